The molecule has 2 atom stereocenters. The Balaban J connectivity index is 2.14. The maximum absolute atomic E-state index is 12.8. The van der Waals surface area contributed by atoms with Crippen molar-refractivity contribution in [2.45, 2.75) is 58.0 Å². The number of hydrogen-bond acceptors (Lipinski definition) is 3. The molecule has 2 fully saturated rings. The lowest BCUT2D eigenvalue weighted by atomic mass is 9.85. The van der Waals surface area contributed by atoms with Crippen LogP contribution in [0, 0.1) is 11.8 Å². The minimum Gasteiger partial charge on any atom is -0.385 e. The maximum Gasteiger partial charge on any atom is 0.246 e. The number of amides is 2. The van der Waals surface area contributed by atoms with Crippen LogP contribution < -0.4 is 5.32 Å². The van der Waals surface area contributed by atoms with Gasteiger partial charge in [0, 0.05) is 20.3 Å². The van der Waals surface area contributed by atoms with Gasteiger partial charge in [-0.2, -0.15) is 0 Å². The van der Waals surface area contributed by atoms with Crippen molar-refractivity contribution in [3.8, 4) is 0 Å². The molecule has 0 aromatic heterocycles. The van der Waals surface area contributed by atoms with E-state index in [1.807, 2.05) is 25.7 Å². The summed E-state index contributed by atoms with van der Waals surface area (Å²) in [5, 5.41) is 2.95. The Bertz CT molecular complexity index is 406. The largest absolute Gasteiger partial charge is 0.385 e. The summed E-state index contributed by atoms with van der Waals surface area (Å²) < 4.78 is 5.07. The zero-order valence-corrected chi connectivity index (χ0v) is 13.6. The average molecular weight is 296 g/mol. The van der Waals surface area contributed by atoms with E-state index in [-0.39, 0.29) is 23.8 Å². The molecule has 1 heterocycles. The van der Waals surface area contributed by atoms with Crippen molar-refractivity contribution < 1.29 is 14.3 Å². The lowest BCUT2D eigenvalue weighted by molar-refractivity contribution is -0.159. The second kappa shape index (κ2) is 6.34. The van der Waals surface area contributed by atoms with E-state index in [1.165, 1.54) is 0 Å². The molecule has 120 valence electrons. The quantitative estimate of drug-likeness (QED) is 0.725. The van der Waals surface area contributed by atoms with Gasteiger partial charge in [0.1, 0.15) is 11.6 Å². The molecule has 0 aromatic rings. The van der Waals surface area contributed by atoms with Gasteiger partial charge in [0.15, 0.2) is 0 Å². The van der Waals surface area contributed by atoms with Gasteiger partial charge in [-0.1, -0.05) is 13.8 Å². The van der Waals surface area contributed by atoms with Crippen LogP contribution >= 0.6 is 0 Å². The molecule has 2 rings (SSSR count). The molecule has 2 unspecified atom stereocenters. The Morgan fingerprint density at radius 2 is 2.00 bits per heavy atom. The number of carbonyl (C=O) groups excluding carboxylic acids is 2. The van der Waals surface area contributed by atoms with Crippen LogP contribution in [0.1, 0.15) is 46.5 Å². The van der Waals surface area contributed by atoms with Gasteiger partial charge in [0.25, 0.3) is 0 Å². The first-order chi connectivity index (χ1) is 9.92. The third-order valence-corrected chi connectivity index (χ3v) is 4.86. The van der Waals surface area contributed by atoms with Crippen molar-refractivity contribution in [1.82, 2.24) is 10.2 Å². The highest BCUT2D eigenvalue weighted by molar-refractivity contribution is 6.00. The molecule has 1 saturated carbocycles. The van der Waals surface area contributed by atoms with Gasteiger partial charge in [0.05, 0.1) is 0 Å². The van der Waals surface area contributed by atoms with Crippen molar-refractivity contribution in [3.05, 3.63) is 0 Å². The summed E-state index contributed by atoms with van der Waals surface area (Å²) in [6.45, 7) is 7.23. The molecule has 0 spiro atoms. The van der Waals surface area contributed by atoms with Crippen LogP contribution in [-0.2, 0) is 14.3 Å². The van der Waals surface area contributed by atoms with Crippen molar-refractivity contribution in [2.75, 3.05) is 20.3 Å². The molecule has 1 aliphatic carbocycles. The minimum absolute atomic E-state index is 0.0232. The molecule has 21 heavy (non-hydrogen) atoms. The standard InChI is InChI=1S/C16H28N2O3/c1-11(2)13-14(19)18(9-5-6-10-21-4)16(3,12-7-8-12)15(20)17-13/h11-13H,5-10H2,1-4H3,(H,17,20). The summed E-state index contributed by atoms with van der Waals surface area (Å²) in [5.74, 6) is 0.537. The van der Waals surface area contributed by atoms with Gasteiger partial charge in [-0.05, 0) is 44.4 Å². The third-order valence-electron chi connectivity index (χ3n) is 4.86. The first-order valence-electron chi connectivity index (χ1n) is 8.04. The number of ether oxygens (including phenoxy) is 1. The number of hydrogen-bond donors (Lipinski definition) is 1. The zero-order valence-electron chi connectivity index (χ0n) is 13.6. The molecule has 0 bridgehead atoms. The van der Waals surface area contributed by atoms with Gasteiger partial charge in [0.2, 0.25) is 11.8 Å². The summed E-state index contributed by atoms with van der Waals surface area (Å²) in [4.78, 5) is 27.3. The summed E-state index contributed by atoms with van der Waals surface area (Å²) in [6.07, 6.45) is 3.87. The lowest BCUT2D eigenvalue weighted by Gasteiger charge is -2.47. The highest BCUT2D eigenvalue weighted by atomic mass is 16.5. The normalized spacial score (nSPS) is 30.0. The monoisotopic (exact) mass is 296 g/mol. The Morgan fingerprint density at radius 3 is 2.52 bits per heavy atom. The molecule has 0 aromatic carbocycles. The molecule has 2 aliphatic rings. The van der Waals surface area contributed by atoms with E-state index < -0.39 is 5.54 Å². The van der Waals surface area contributed by atoms with Crippen LogP contribution in [0.25, 0.3) is 0 Å². The summed E-state index contributed by atoms with van der Waals surface area (Å²) >= 11 is 0. The highest BCUT2D eigenvalue weighted by Crippen LogP contribution is 2.45. The number of nitrogens with one attached hydrogen (secondary N) is 1. The molecule has 5 nitrogen and oxygen atoms in total. The highest BCUT2D eigenvalue weighted by Gasteiger charge is 2.57. The minimum atomic E-state index is -0.657. The number of methoxy groups -OCH3 is 1. The molecule has 2 amide bonds. The van der Waals surface area contributed by atoms with Gasteiger partial charge >= 0.3 is 0 Å². The molecule has 1 saturated heterocycles. The molecule has 1 aliphatic heterocycles. The second-order valence-corrected chi connectivity index (χ2v) is 6.81. The molecule has 1 N–H and O–H groups in total. The van der Waals surface area contributed by atoms with Gasteiger partial charge < -0.3 is 15.0 Å². The van der Waals surface area contributed by atoms with Crippen LogP contribution in [0.3, 0.4) is 0 Å². The van der Waals surface area contributed by atoms with Crippen LogP contribution in [0.5, 0.6) is 0 Å². The third kappa shape index (κ3) is 3.07. The summed E-state index contributed by atoms with van der Waals surface area (Å²) in [5.41, 5.74) is -0.657. The van der Waals surface area contributed by atoms with E-state index in [1.54, 1.807) is 7.11 Å². The fraction of sp³-hybridized carbons (Fsp3) is 0.875. The van der Waals surface area contributed by atoms with Crippen LogP contribution in [-0.4, -0.2) is 48.6 Å². The fourth-order valence-corrected chi connectivity index (χ4v) is 3.23. The summed E-state index contributed by atoms with van der Waals surface area (Å²) in [6, 6.07) is -0.383. The Kier molecular flexibility index (Phi) is 4.91. The van der Waals surface area contributed by atoms with Gasteiger partial charge in [-0.3, -0.25) is 9.59 Å². The Morgan fingerprint density at radius 1 is 1.33 bits per heavy atom. The van der Waals surface area contributed by atoms with Crippen molar-refractivity contribution in [1.29, 1.82) is 0 Å². The van der Waals surface area contributed by atoms with E-state index >= 15 is 0 Å². The van der Waals surface area contributed by atoms with Crippen molar-refractivity contribution in [3.63, 3.8) is 0 Å². The first kappa shape index (κ1) is 16.3. The van der Waals surface area contributed by atoms with E-state index in [4.69, 9.17) is 4.74 Å². The Hall–Kier alpha value is -1.10. The summed E-state index contributed by atoms with van der Waals surface area (Å²) in [7, 11) is 1.68. The first-order valence-corrected chi connectivity index (χ1v) is 8.04. The zero-order chi connectivity index (χ0) is 15.6. The topological polar surface area (TPSA) is 58.6 Å². The van der Waals surface area contributed by atoms with E-state index in [2.05, 4.69) is 5.32 Å². The second-order valence-electron chi connectivity index (χ2n) is 6.81. The van der Waals surface area contributed by atoms with E-state index in [0.717, 1.165) is 25.7 Å². The number of unbranched alkanes of at least 4 members (excludes halogenated alkanes) is 1. The van der Waals surface area contributed by atoms with Gasteiger partial charge in [-0.25, -0.2) is 0 Å². The smallest absolute Gasteiger partial charge is 0.246 e. The van der Waals surface area contributed by atoms with E-state index in [0.29, 0.717) is 19.1 Å². The number of nitrogens with zero attached hydrogens (tertiary/aromatic N) is 1. The Labute approximate surface area is 127 Å². The van der Waals surface area contributed by atoms with Crippen molar-refractivity contribution in [2.24, 2.45) is 11.8 Å². The lowest BCUT2D eigenvalue weighted by Crippen LogP contribution is -2.71. The average Bonchev–Trinajstić information content (AvgIpc) is 3.26. The van der Waals surface area contributed by atoms with Crippen molar-refractivity contribution >= 4 is 11.8 Å². The number of piperazine rings is 1. The van der Waals surface area contributed by atoms with E-state index in [9.17, 15) is 9.59 Å². The number of rotatable bonds is 7. The SMILES string of the molecule is COCCCCN1C(=O)C(C(C)C)NC(=O)C1(C)C1CC1. The van der Waals surface area contributed by atoms with Crippen LogP contribution in [0.2, 0.25) is 0 Å². The fourth-order valence-electron chi connectivity index (χ4n) is 3.23. The number of carbonyl (C=O) groups is 2. The molecular weight excluding hydrogens is 268 g/mol. The predicted molar refractivity (Wildman–Crippen MR) is 80.7 cm³/mol. The predicted octanol–water partition coefficient (Wildman–Crippen LogP) is 1.56. The maximum atomic E-state index is 12.8. The molecular formula is C16H28N2O3. The molecule has 0 radical (unpaired) electrons. The van der Waals surface area contributed by atoms with Crippen LogP contribution in [0.15, 0.2) is 0 Å². The molecule has 5 heteroatoms. The van der Waals surface area contributed by atoms with Gasteiger partial charge in [-0.15, -0.1) is 0 Å². The van der Waals surface area contributed by atoms with Crippen LogP contribution in [0.4, 0.5) is 0 Å².